The van der Waals surface area contributed by atoms with Crippen LogP contribution in [0.15, 0.2) is 77.9 Å². The van der Waals surface area contributed by atoms with E-state index in [9.17, 15) is 14.7 Å². The third-order valence-electron chi connectivity index (χ3n) is 6.94. The molecule has 8 heteroatoms. The van der Waals surface area contributed by atoms with E-state index in [1.165, 1.54) is 17.0 Å². The van der Waals surface area contributed by atoms with E-state index in [-0.39, 0.29) is 24.2 Å². The van der Waals surface area contributed by atoms with Gasteiger partial charge in [0.15, 0.2) is 0 Å². The minimum atomic E-state index is -1.07. The van der Waals surface area contributed by atoms with Crippen LogP contribution < -0.4 is 5.56 Å². The first kappa shape index (κ1) is 23.3. The number of morpholine rings is 1. The Kier molecular flexibility index (Phi) is 6.66. The third-order valence-corrected chi connectivity index (χ3v) is 6.94. The van der Waals surface area contributed by atoms with Crippen molar-refractivity contribution >= 4 is 6.03 Å². The maximum Gasteiger partial charge on any atom is 0.320 e. The standard InChI is InChI=1S/C27H30N4O4/c32-25-17-23(21-7-3-1-4-8-21)28-20-30(25)19-27(34)11-13-29(14-12-27)26(33)31-15-16-35-18-24(31)22-9-5-2-6-10-22/h1-10,17,20,24,34H,11-16,18-19H2/t24-/m0/s1. The van der Waals surface area contributed by atoms with Crippen LogP contribution in [-0.2, 0) is 11.3 Å². The summed E-state index contributed by atoms with van der Waals surface area (Å²) in [4.78, 5) is 34.2. The van der Waals surface area contributed by atoms with Gasteiger partial charge >= 0.3 is 6.03 Å². The van der Waals surface area contributed by atoms with Gasteiger partial charge in [-0.2, -0.15) is 0 Å². The fourth-order valence-corrected chi connectivity index (χ4v) is 4.87. The van der Waals surface area contributed by atoms with Crippen molar-refractivity contribution in [1.29, 1.82) is 0 Å². The van der Waals surface area contributed by atoms with E-state index in [0.717, 1.165) is 11.1 Å². The number of likely N-dealkylation sites (tertiary alicyclic amines) is 1. The molecule has 2 aromatic carbocycles. The van der Waals surface area contributed by atoms with E-state index >= 15 is 0 Å². The average molecular weight is 475 g/mol. The first-order valence-corrected chi connectivity index (χ1v) is 12.0. The number of amides is 2. The number of aliphatic hydroxyl groups is 1. The van der Waals surface area contributed by atoms with E-state index in [4.69, 9.17) is 4.74 Å². The van der Waals surface area contributed by atoms with E-state index < -0.39 is 5.60 Å². The van der Waals surface area contributed by atoms with Crippen LogP contribution in [0.5, 0.6) is 0 Å². The Morgan fingerprint density at radius 1 is 1.03 bits per heavy atom. The van der Waals surface area contributed by atoms with Gasteiger partial charge in [-0.15, -0.1) is 0 Å². The van der Waals surface area contributed by atoms with Gasteiger partial charge in [0.2, 0.25) is 0 Å². The second-order valence-electron chi connectivity index (χ2n) is 9.30. The highest BCUT2D eigenvalue weighted by Crippen LogP contribution is 2.29. The fraction of sp³-hybridized carbons (Fsp3) is 0.370. The maximum absolute atomic E-state index is 13.4. The molecule has 0 radical (unpaired) electrons. The number of hydrogen-bond donors (Lipinski definition) is 1. The number of urea groups is 1. The van der Waals surface area contributed by atoms with Gasteiger partial charge in [0, 0.05) is 31.3 Å². The molecule has 2 fully saturated rings. The van der Waals surface area contributed by atoms with Gasteiger partial charge in [-0.3, -0.25) is 9.36 Å². The Balaban J connectivity index is 1.23. The second kappa shape index (κ2) is 10.0. The van der Waals surface area contributed by atoms with Crippen LogP contribution >= 0.6 is 0 Å². The summed E-state index contributed by atoms with van der Waals surface area (Å²) in [6.07, 6.45) is 2.29. The summed E-state index contributed by atoms with van der Waals surface area (Å²) in [5, 5.41) is 11.2. The molecule has 0 bridgehead atoms. The van der Waals surface area contributed by atoms with Crippen molar-refractivity contribution in [2.45, 2.75) is 31.0 Å². The predicted octanol–water partition coefficient (Wildman–Crippen LogP) is 2.93. The number of hydrogen-bond acceptors (Lipinski definition) is 5. The average Bonchev–Trinajstić information content (AvgIpc) is 2.91. The Bertz CT molecular complexity index is 1210. The topological polar surface area (TPSA) is 87.9 Å². The quantitative estimate of drug-likeness (QED) is 0.628. The third kappa shape index (κ3) is 5.13. The van der Waals surface area contributed by atoms with Crippen molar-refractivity contribution in [3.63, 3.8) is 0 Å². The number of benzene rings is 2. The van der Waals surface area contributed by atoms with Gasteiger partial charge in [0.1, 0.15) is 0 Å². The summed E-state index contributed by atoms with van der Waals surface area (Å²) in [5.41, 5.74) is 1.27. The number of carbonyl (C=O) groups excluding carboxylic acids is 1. The minimum Gasteiger partial charge on any atom is -0.388 e. The summed E-state index contributed by atoms with van der Waals surface area (Å²) in [5.74, 6) is 0. The molecule has 3 heterocycles. The molecule has 0 unspecified atom stereocenters. The molecular formula is C27H30N4O4. The Morgan fingerprint density at radius 2 is 1.71 bits per heavy atom. The van der Waals surface area contributed by atoms with E-state index in [0.29, 0.717) is 51.4 Å². The van der Waals surface area contributed by atoms with Crippen LogP contribution in [0.2, 0.25) is 0 Å². The lowest BCUT2D eigenvalue weighted by molar-refractivity contribution is -0.0377. The molecule has 0 saturated carbocycles. The van der Waals surface area contributed by atoms with Crippen LogP contribution in [-0.4, -0.2) is 68.9 Å². The van der Waals surface area contributed by atoms with Crippen LogP contribution in [0.25, 0.3) is 11.3 Å². The maximum atomic E-state index is 13.4. The zero-order chi connectivity index (χ0) is 24.3. The molecule has 1 atom stereocenters. The SMILES string of the molecule is O=C(N1CCC(O)(Cn2cnc(-c3ccccc3)cc2=O)CC1)N1CCOC[C@H]1c1ccccc1. The van der Waals surface area contributed by atoms with Crippen molar-refractivity contribution in [3.05, 3.63) is 89.0 Å². The molecule has 1 N–H and O–H groups in total. The molecule has 2 aliphatic rings. The van der Waals surface area contributed by atoms with Crippen LogP contribution in [0.3, 0.4) is 0 Å². The lowest BCUT2D eigenvalue weighted by atomic mass is 9.91. The molecular weight excluding hydrogens is 444 g/mol. The van der Waals surface area contributed by atoms with Gasteiger partial charge < -0.3 is 19.6 Å². The largest absolute Gasteiger partial charge is 0.388 e. The summed E-state index contributed by atoms with van der Waals surface area (Å²) in [6.45, 7) is 2.54. The van der Waals surface area contributed by atoms with Crippen molar-refractivity contribution in [1.82, 2.24) is 19.4 Å². The van der Waals surface area contributed by atoms with Crippen LogP contribution in [0.1, 0.15) is 24.4 Å². The lowest BCUT2D eigenvalue weighted by Crippen LogP contribution is -2.55. The molecule has 3 aromatic rings. The number of aromatic nitrogens is 2. The highest BCUT2D eigenvalue weighted by molar-refractivity contribution is 5.75. The zero-order valence-electron chi connectivity index (χ0n) is 19.6. The highest BCUT2D eigenvalue weighted by atomic mass is 16.5. The zero-order valence-corrected chi connectivity index (χ0v) is 19.6. The van der Waals surface area contributed by atoms with Gasteiger partial charge in [-0.25, -0.2) is 9.78 Å². The monoisotopic (exact) mass is 474 g/mol. The van der Waals surface area contributed by atoms with E-state index in [1.54, 1.807) is 4.90 Å². The number of ether oxygens (including phenoxy) is 1. The number of rotatable bonds is 4. The Labute approximate surface area is 204 Å². The first-order valence-electron chi connectivity index (χ1n) is 12.0. The normalized spacial score (nSPS) is 20.0. The van der Waals surface area contributed by atoms with Crippen molar-refractivity contribution < 1.29 is 14.6 Å². The summed E-state index contributed by atoms with van der Waals surface area (Å²) < 4.78 is 7.12. The Hall–Kier alpha value is -3.49. The second-order valence-corrected chi connectivity index (χ2v) is 9.30. The summed E-state index contributed by atoms with van der Waals surface area (Å²) in [7, 11) is 0. The summed E-state index contributed by atoms with van der Waals surface area (Å²) >= 11 is 0. The molecule has 2 amide bonds. The molecule has 0 spiro atoms. The van der Waals surface area contributed by atoms with Crippen molar-refractivity contribution in [2.24, 2.45) is 0 Å². The van der Waals surface area contributed by atoms with Crippen molar-refractivity contribution in [2.75, 3.05) is 32.8 Å². The highest BCUT2D eigenvalue weighted by Gasteiger charge is 2.38. The van der Waals surface area contributed by atoms with E-state index in [1.807, 2.05) is 65.6 Å². The number of piperidine rings is 1. The fourth-order valence-electron chi connectivity index (χ4n) is 4.87. The lowest BCUT2D eigenvalue weighted by Gasteiger charge is -2.43. The molecule has 2 aliphatic heterocycles. The van der Waals surface area contributed by atoms with Gasteiger partial charge in [-0.1, -0.05) is 60.7 Å². The molecule has 8 nitrogen and oxygen atoms in total. The molecule has 0 aliphatic carbocycles. The van der Waals surface area contributed by atoms with Crippen LogP contribution in [0.4, 0.5) is 4.79 Å². The van der Waals surface area contributed by atoms with Gasteiger partial charge in [0.25, 0.3) is 5.56 Å². The smallest absolute Gasteiger partial charge is 0.320 e. The molecule has 5 rings (SSSR count). The van der Waals surface area contributed by atoms with Crippen LogP contribution in [0, 0.1) is 0 Å². The molecule has 1 aromatic heterocycles. The first-order chi connectivity index (χ1) is 17.0. The van der Waals surface area contributed by atoms with E-state index in [2.05, 4.69) is 4.98 Å². The van der Waals surface area contributed by atoms with Gasteiger partial charge in [0.05, 0.1) is 43.4 Å². The number of carbonyl (C=O) groups is 1. The summed E-state index contributed by atoms with van der Waals surface area (Å²) in [6, 6.07) is 20.8. The van der Waals surface area contributed by atoms with Crippen molar-refractivity contribution in [3.8, 4) is 11.3 Å². The minimum absolute atomic E-state index is 0.0322. The molecule has 182 valence electrons. The predicted molar refractivity (Wildman–Crippen MR) is 132 cm³/mol. The number of nitrogens with zero attached hydrogens (tertiary/aromatic N) is 4. The molecule has 2 saturated heterocycles. The van der Waals surface area contributed by atoms with Gasteiger partial charge in [-0.05, 0) is 18.4 Å². The molecule has 35 heavy (non-hydrogen) atoms. The Morgan fingerprint density at radius 3 is 2.40 bits per heavy atom.